The summed E-state index contributed by atoms with van der Waals surface area (Å²) in [7, 11) is 0. The van der Waals surface area contributed by atoms with Gasteiger partial charge in [-0.3, -0.25) is 4.90 Å². The van der Waals surface area contributed by atoms with Crippen LogP contribution in [-0.2, 0) is 0 Å². The summed E-state index contributed by atoms with van der Waals surface area (Å²) in [6.45, 7) is 2.94. The number of nitrogens with zero attached hydrogens (tertiary/aromatic N) is 1. The van der Waals surface area contributed by atoms with E-state index in [2.05, 4.69) is 39.8 Å². The summed E-state index contributed by atoms with van der Waals surface area (Å²) in [6, 6.07) is 11.2. The van der Waals surface area contributed by atoms with Crippen LogP contribution in [0.4, 0.5) is 4.79 Å². The van der Waals surface area contributed by atoms with Crippen LogP contribution >= 0.6 is 0 Å². The molecule has 0 unspecified atom stereocenters. The summed E-state index contributed by atoms with van der Waals surface area (Å²) in [5.74, 6) is 0. The predicted octanol–water partition coefficient (Wildman–Crippen LogP) is 2.29. The maximum absolute atomic E-state index is 11.8. The van der Waals surface area contributed by atoms with E-state index in [0.717, 1.165) is 25.9 Å². The van der Waals surface area contributed by atoms with Crippen LogP contribution in [0.1, 0.15) is 37.3 Å². The molecule has 1 atom stereocenters. The highest BCUT2D eigenvalue weighted by Crippen LogP contribution is 2.24. The molecule has 2 N–H and O–H groups in total. The Morgan fingerprint density at radius 1 is 1.20 bits per heavy atom. The number of carbonyl (C=O) groups excluding carboxylic acids is 1. The van der Waals surface area contributed by atoms with Gasteiger partial charge in [0.15, 0.2) is 0 Å². The molecule has 1 aliphatic heterocycles. The van der Waals surface area contributed by atoms with Crippen molar-refractivity contribution in [2.45, 2.75) is 37.8 Å². The molecule has 0 aromatic heterocycles. The molecule has 1 aliphatic carbocycles. The highest BCUT2D eigenvalue weighted by Gasteiger charge is 2.26. The van der Waals surface area contributed by atoms with Crippen LogP contribution in [0.25, 0.3) is 0 Å². The molecule has 4 nitrogen and oxygen atoms in total. The molecular formula is C16H23N3O. The smallest absolute Gasteiger partial charge is 0.315 e. The fourth-order valence-corrected chi connectivity index (χ4v) is 2.84. The maximum Gasteiger partial charge on any atom is 0.315 e. The lowest BCUT2D eigenvalue weighted by atomic mass is 10.1. The molecule has 1 saturated heterocycles. The summed E-state index contributed by atoms with van der Waals surface area (Å²) in [6.07, 6.45) is 4.78. The first-order valence-corrected chi connectivity index (χ1v) is 7.66. The molecule has 1 heterocycles. The van der Waals surface area contributed by atoms with Gasteiger partial charge in [0.2, 0.25) is 0 Å². The van der Waals surface area contributed by atoms with E-state index >= 15 is 0 Å². The van der Waals surface area contributed by atoms with Gasteiger partial charge in [0, 0.05) is 12.6 Å². The average Bonchev–Trinajstić information content (AvgIpc) is 3.12. The van der Waals surface area contributed by atoms with Crippen LogP contribution in [-0.4, -0.2) is 36.6 Å². The number of carbonyl (C=O) groups is 1. The molecule has 20 heavy (non-hydrogen) atoms. The quantitative estimate of drug-likeness (QED) is 0.864. The molecule has 1 saturated carbocycles. The second-order valence-corrected chi connectivity index (χ2v) is 5.80. The van der Waals surface area contributed by atoms with Gasteiger partial charge in [-0.15, -0.1) is 0 Å². The molecule has 0 radical (unpaired) electrons. The summed E-state index contributed by atoms with van der Waals surface area (Å²) < 4.78 is 0. The van der Waals surface area contributed by atoms with Crippen molar-refractivity contribution in [3.63, 3.8) is 0 Å². The third-order valence-electron chi connectivity index (χ3n) is 4.13. The van der Waals surface area contributed by atoms with Crippen LogP contribution in [0.5, 0.6) is 0 Å². The van der Waals surface area contributed by atoms with Crippen molar-refractivity contribution < 1.29 is 4.79 Å². The van der Waals surface area contributed by atoms with Gasteiger partial charge < -0.3 is 10.6 Å². The molecule has 4 heteroatoms. The zero-order valence-corrected chi connectivity index (χ0v) is 11.8. The lowest BCUT2D eigenvalue weighted by Crippen LogP contribution is -2.42. The lowest BCUT2D eigenvalue weighted by molar-refractivity contribution is 0.220. The minimum absolute atomic E-state index is 0.0207. The van der Waals surface area contributed by atoms with Crippen molar-refractivity contribution in [1.82, 2.24) is 15.5 Å². The van der Waals surface area contributed by atoms with Crippen molar-refractivity contribution in [1.29, 1.82) is 0 Å². The van der Waals surface area contributed by atoms with Gasteiger partial charge in [0.05, 0.1) is 6.04 Å². The van der Waals surface area contributed by atoms with E-state index in [9.17, 15) is 4.79 Å². The molecule has 1 aromatic carbocycles. The Morgan fingerprint density at radius 2 is 1.90 bits per heavy atom. The second kappa shape index (κ2) is 6.27. The van der Waals surface area contributed by atoms with Gasteiger partial charge in [0.25, 0.3) is 0 Å². The minimum Gasteiger partial charge on any atom is -0.336 e. The maximum atomic E-state index is 11.8. The number of hydrogen-bond donors (Lipinski definition) is 2. The first-order chi connectivity index (χ1) is 9.83. The minimum atomic E-state index is -0.0207. The number of amides is 2. The third kappa shape index (κ3) is 3.51. The monoisotopic (exact) mass is 273 g/mol. The number of nitrogens with one attached hydrogen (secondary N) is 2. The van der Waals surface area contributed by atoms with E-state index in [-0.39, 0.29) is 6.03 Å². The van der Waals surface area contributed by atoms with Crippen LogP contribution in [0.3, 0.4) is 0 Å². The highest BCUT2D eigenvalue weighted by atomic mass is 16.2. The number of likely N-dealkylation sites (tertiary alicyclic amines) is 1. The zero-order valence-electron chi connectivity index (χ0n) is 11.8. The largest absolute Gasteiger partial charge is 0.336 e. The van der Waals surface area contributed by atoms with Crippen molar-refractivity contribution >= 4 is 6.03 Å². The Kier molecular flexibility index (Phi) is 4.21. The fourth-order valence-electron chi connectivity index (χ4n) is 2.84. The molecule has 0 spiro atoms. The zero-order chi connectivity index (χ0) is 13.8. The lowest BCUT2D eigenvalue weighted by Gasteiger charge is -2.28. The summed E-state index contributed by atoms with van der Waals surface area (Å²) >= 11 is 0. The first kappa shape index (κ1) is 13.4. The Morgan fingerprint density at radius 3 is 2.55 bits per heavy atom. The van der Waals surface area contributed by atoms with Crippen LogP contribution in [0, 0.1) is 0 Å². The topological polar surface area (TPSA) is 44.4 Å². The van der Waals surface area contributed by atoms with Crippen molar-refractivity contribution in [3.8, 4) is 0 Å². The van der Waals surface area contributed by atoms with Crippen LogP contribution in [0.2, 0.25) is 0 Å². The number of rotatable bonds is 5. The Hall–Kier alpha value is -1.55. The van der Waals surface area contributed by atoms with Gasteiger partial charge in [-0.25, -0.2) is 4.79 Å². The molecule has 0 bridgehead atoms. The van der Waals surface area contributed by atoms with E-state index in [1.54, 1.807) is 0 Å². The number of urea groups is 1. The van der Waals surface area contributed by atoms with Crippen LogP contribution < -0.4 is 10.6 Å². The summed E-state index contributed by atoms with van der Waals surface area (Å²) in [5, 5.41) is 6.02. The van der Waals surface area contributed by atoms with E-state index in [0.29, 0.717) is 18.6 Å². The third-order valence-corrected chi connectivity index (χ3v) is 4.13. The molecule has 1 aromatic rings. The normalized spacial score (nSPS) is 20.6. The van der Waals surface area contributed by atoms with E-state index in [4.69, 9.17) is 0 Å². The summed E-state index contributed by atoms with van der Waals surface area (Å²) in [4.78, 5) is 14.3. The Labute approximate surface area is 120 Å². The van der Waals surface area contributed by atoms with E-state index in [1.807, 2.05) is 6.07 Å². The number of benzene rings is 1. The molecule has 2 fully saturated rings. The van der Waals surface area contributed by atoms with Gasteiger partial charge in [0.1, 0.15) is 0 Å². The van der Waals surface area contributed by atoms with Gasteiger partial charge in [-0.1, -0.05) is 30.3 Å². The molecule has 3 rings (SSSR count). The van der Waals surface area contributed by atoms with Crippen molar-refractivity contribution in [3.05, 3.63) is 35.9 Å². The predicted molar refractivity (Wildman–Crippen MR) is 79.5 cm³/mol. The van der Waals surface area contributed by atoms with E-state index < -0.39 is 0 Å². The summed E-state index contributed by atoms with van der Waals surface area (Å²) in [5.41, 5.74) is 1.29. The fraction of sp³-hybridized carbons (Fsp3) is 0.562. The van der Waals surface area contributed by atoms with Gasteiger partial charge >= 0.3 is 6.03 Å². The standard InChI is InChI=1S/C16H23N3O/c20-16(18-14-8-9-14)17-12-15(19-10-4-5-11-19)13-6-2-1-3-7-13/h1-3,6-7,14-15H,4-5,8-12H2,(H2,17,18,20)/t15-/m1/s1. The van der Waals surface area contributed by atoms with Gasteiger partial charge in [-0.2, -0.15) is 0 Å². The van der Waals surface area contributed by atoms with E-state index in [1.165, 1.54) is 18.4 Å². The molecule has 2 amide bonds. The SMILES string of the molecule is O=C(NC[C@H](c1ccccc1)N1CCCC1)NC1CC1. The average molecular weight is 273 g/mol. The highest BCUT2D eigenvalue weighted by molar-refractivity contribution is 5.74. The Balaban J connectivity index is 1.60. The van der Waals surface area contributed by atoms with Crippen molar-refractivity contribution in [2.24, 2.45) is 0 Å². The van der Waals surface area contributed by atoms with Gasteiger partial charge in [-0.05, 0) is 44.3 Å². The molecular weight excluding hydrogens is 250 g/mol. The Bertz CT molecular complexity index is 438. The first-order valence-electron chi connectivity index (χ1n) is 7.66. The van der Waals surface area contributed by atoms with Crippen LogP contribution in [0.15, 0.2) is 30.3 Å². The van der Waals surface area contributed by atoms with Crippen molar-refractivity contribution in [2.75, 3.05) is 19.6 Å². The molecule has 2 aliphatic rings. The molecule has 108 valence electrons. The second-order valence-electron chi connectivity index (χ2n) is 5.80. The number of hydrogen-bond acceptors (Lipinski definition) is 2.